The third-order valence-corrected chi connectivity index (χ3v) is 4.12. The lowest BCUT2D eigenvalue weighted by molar-refractivity contribution is 0.252. The molecule has 0 aliphatic carbocycles. The average molecular weight is 378 g/mol. The van der Waals surface area contributed by atoms with Crippen LogP contribution in [-0.2, 0) is 0 Å². The number of amides is 2. The molecule has 2 N–H and O–H groups in total. The lowest BCUT2D eigenvalue weighted by atomic mass is 10.3. The molecule has 0 radical (unpaired) electrons. The summed E-state index contributed by atoms with van der Waals surface area (Å²) in [7, 11) is 3.19. The fraction of sp³-hybridized carbons (Fsp3) is 0.143. The van der Waals surface area contributed by atoms with Crippen molar-refractivity contribution in [1.82, 2.24) is 9.99 Å². The van der Waals surface area contributed by atoms with E-state index in [9.17, 15) is 4.79 Å². The normalized spacial score (nSPS) is 10.7. The van der Waals surface area contributed by atoms with Crippen molar-refractivity contribution in [1.29, 1.82) is 0 Å². The number of nitrogens with zero attached hydrogens (tertiary/aromatic N) is 2. The quantitative estimate of drug-likeness (QED) is 0.503. The van der Waals surface area contributed by atoms with Crippen molar-refractivity contribution in [2.24, 2.45) is 5.10 Å². The summed E-state index contributed by atoms with van der Waals surface area (Å²) in [6.45, 7) is 2.00. The number of hydrazone groups is 1. The molecule has 3 rings (SSSR count). The van der Waals surface area contributed by atoms with Gasteiger partial charge in [-0.05, 0) is 49.4 Å². The Hall–Kier alpha value is -3.74. The van der Waals surface area contributed by atoms with Crippen molar-refractivity contribution in [2.75, 3.05) is 19.5 Å². The second-order valence-electron chi connectivity index (χ2n) is 6.01. The summed E-state index contributed by atoms with van der Waals surface area (Å²) in [5.74, 6) is 1.38. The van der Waals surface area contributed by atoms with Crippen molar-refractivity contribution >= 4 is 17.9 Å². The minimum absolute atomic E-state index is 0.452. The summed E-state index contributed by atoms with van der Waals surface area (Å²) < 4.78 is 12.4. The van der Waals surface area contributed by atoms with Gasteiger partial charge in [-0.1, -0.05) is 12.1 Å². The molecule has 0 bridgehead atoms. The zero-order valence-electron chi connectivity index (χ0n) is 16.0. The number of anilines is 1. The fourth-order valence-electron chi connectivity index (χ4n) is 2.75. The van der Waals surface area contributed by atoms with E-state index >= 15 is 0 Å². The van der Waals surface area contributed by atoms with Crippen molar-refractivity contribution in [3.05, 3.63) is 72.1 Å². The van der Waals surface area contributed by atoms with Gasteiger partial charge < -0.3 is 19.4 Å². The molecule has 3 aromatic rings. The Bertz CT molecular complexity index is 978. The first-order valence-corrected chi connectivity index (χ1v) is 8.67. The van der Waals surface area contributed by atoms with Crippen molar-refractivity contribution < 1.29 is 14.3 Å². The number of aryl methyl sites for hydroxylation is 1. The maximum Gasteiger partial charge on any atom is 0.339 e. The third-order valence-electron chi connectivity index (χ3n) is 4.12. The van der Waals surface area contributed by atoms with Gasteiger partial charge in [0.05, 0.1) is 26.1 Å². The van der Waals surface area contributed by atoms with Gasteiger partial charge in [-0.3, -0.25) is 0 Å². The second-order valence-corrected chi connectivity index (χ2v) is 6.01. The smallest absolute Gasteiger partial charge is 0.339 e. The summed E-state index contributed by atoms with van der Waals surface area (Å²) in [6, 6.07) is 16.5. The Labute approximate surface area is 163 Å². The van der Waals surface area contributed by atoms with Crippen molar-refractivity contribution in [3.63, 3.8) is 0 Å². The van der Waals surface area contributed by atoms with Gasteiger partial charge in [-0.2, -0.15) is 5.10 Å². The zero-order chi connectivity index (χ0) is 19.9. The van der Waals surface area contributed by atoms with E-state index < -0.39 is 6.03 Å². The van der Waals surface area contributed by atoms with Crippen LogP contribution in [0.25, 0.3) is 5.69 Å². The lowest BCUT2D eigenvalue weighted by Gasteiger charge is -2.08. The van der Waals surface area contributed by atoms with Gasteiger partial charge in [0, 0.05) is 23.1 Å². The molecule has 1 aromatic heterocycles. The number of aromatic nitrogens is 1. The average Bonchev–Trinajstić information content (AvgIpc) is 3.09. The molecular formula is C21H22N4O3. The monoisotopic (exact) mass is 378 g/mol. The first kappa shape index (κ1) is 19.0. The van der Waals surface area contributed by atoms with Crippen LogP contribution in [0.15, 0.2) is 65.9 Å². The minimum Gasteiger partial charge on any atom is -0.497 e. The summed E-state index contributed by atoms with van der Waals surface area (Å²) in [4.78, 5) is 12.0. The largest absolute Gasteiger partial charge is 0.497 e. The first-order chi connectivity index (χ1) is 13.6. The molecule has 0 fully saturated rings. The Kier molecular flexibility index (Phi) is 5.96. The van der Waals surface area contributed by atoms with Crippen LogP contribution in [0.4, 0.5) is 10.5 Å². The van der Waals surface area contributed by atoms with E-state index in [1.54, 1.807) is 32.6 Å². The molecule has 144 valence electrons. The molecule has 2 amide bonds. The molecule has 0 saturated carbocycles. The van der Waals surface area contributed by atoms with Crippen molar-refractivity contribution in [2.45, 2.75) is 6.92 Å². The predicted molar refractivity (Wildman–Crippen MR) is 110 cm³/mol. The Balaban J connectivity index is 1.63. The van der Waals surface area contributed by atoms with E-state index in [2.05, 4.69) is 15.8 Å². The van der Waals surface area contributed by atoms with Crippen LogP contribution in [0.2, 0.25) is 0 Å². The van der Waals surface area contributed by atoms with Gasteiger partial charge in [0.25, 0.3) is 0 Å². The van der Waals surface area contributed by atoms with E-state index in [1.807, 2.05) is 60.2 Å². The maximum atomic E-state index is 12.0. The van der Waals surface area contributed by atoms with Crippen LogP contribution in [-0.4, -0.2) is 31.0 Å². The number of hydrogen-bond donors (Lipinski definition) is 2. The van der Waals surface area contributed by atoms with Crippen LogP contribution in [0.5, 0.6) is 11.5 Å². The van der Waals surface area contributed by atoms with E-state index in [0.717, 1.165) is 22.7 Å². The number of ether oxygens (including phenoxy) is 2. The summed E-state index contributed by atoms with van der Waals surface area (Å²) in [5.41, 5.74) is 5.95. The Morgan fingerprint density at radius 2 is 1.82 bits per heavy atom. The van der Waals surface area contributed by atoms with Gasteiger partial charge in [0.1, 0.15) is 11.5 Å². The van der Waals surface area contributed by atoms with Gasteiger partial charge in [-0.25, -0.2) is 10.2 Å². The molecule has 7 nitrogen and oxygen atoms in total. The molecule has 1 heterocycles. The number of methoxy groups -OCH3 is 2. The molecule has 0 unspecified atom stereocenters. The first-order valence-electron chi connectivity index (χ1n) is 8.67. The van der Waals surface area contributed by atoms with Gasteiger partial charge >= 0.3 is 6.03 Å². The standard InChI is InChI=1S/C21H22N4O3/c1-15-12-16(14-25(15)17-8-10-18(27-2)11-9-17)13-22-24-21(26)23-19-6-4-5-7-20(19)28-3/h4-14H,1-3H3,(H2,23,24,26)/b22-13+. The SMILES string of the molecule is COc1ccc(-n2cc(/C=N/NC(=O)Nc3ccccc3OC)cc2C)cc1. The third kappa shape index (κ3) is 4.50. The number of benzene rings is 2. The van der Waals surface area contributed by atoms with E-state index in [0.29, 0.717) is 11.4 Å². The molecule has 0 spiro atoms. The second kappa shape index (κ2) is 8.77. The van der Waals surface area contributed by atoms with Crippen molar-refractivity contribution in [3.8, 4) is 17.2 Å². The highest BCUT2D eigenvalue weighted by atomic mass is 16.5. The summed E-state index contributed by atoms with van der Waals surface area (Å²) in [6.07, 6.45) is 3.54. The predicted octanol–water partition coefficient (Wildman–Crippen LogP) is 3.96. The number of para-hydroxylation sites is 2. The van der Waals surface area contributed by atoms with Gasteiger partial charge in [-0.15, -0.1) is 0 Å². The highest BCUT2D eigenvalue weighted by Crippen LogP contribution is 2.22. The van der Waals surface area contributed by atoms with E-state index in [-0.39, 0.29) is 0 Å². The molecule has 0 saturated heterocycles. The van der Waals surface area contributed by atoms with Gasteiger partial charge in [0.15, 0.2) is 0 Å². The summed E-state index contributed by atoms with van der Waals surface area (Å²) >= 11 is 0. The van der Waals surface area contributed by atoms with Crippen LogP contribution >= 0.6 is 0 Å². The van der Waals surface area contributed by atoms with Crippen LogP contribution < -0.4 is 20.2 Å². The number of urea groups is 1. The number of nitrogens with one attached hydrogen (secondary N) is 2. The summed E-state index contributed by atoms with van der Waals surface area (Å²) in [5, 5.41) is 6.70. The molecule has 7 heteroatoms. The highest BCUT2D eigenvalue weighted by molar-refractivity contribution is 5.91. The molecule has 0 aliphatic heterocycles. The van der Waals surface area contributed by atoms with Crippen LogP contribution in [0.3, 0.4) is 0 Å². The van der Waals surface area contributed by atoms with E-state index in [4.69, 9.17) is 9.47 Å². The molecule has 0 aliphatic rings. The van der Waals surface area contributed by atoms with Crippen LogP contribution in [0.1, 0.15) is 11.3 Å². The molecule has 0 atom stereocenters. The molecule has 28 heavy (non-hydrogen) atoms. The Morgan fingerprint density at radius 3 is 2.54 bits per heavy atom. The van der Waals surface area contributed by atoms with Crippen LogP contribution in [0, 0.1) is 6.92 Å². The topological polar surface area (TPSA) is 76.9 Å². The molecule has 2 aromatic carbocycles. The fourth-order valence-corrected chi connectivity index (χ4v) is 2.75. The number of hydrogen-bond acceptors (Lipinski definition) is 4. The molecular weight excluding hydrogens is 356 g/mol. The highest BCUT2D eigenvalue weighted by Gasteiger charge is 2.06. The maximum absolute atomic E-state index is 12.0. The Morgan fingerprint density at radius 1 is 1.07 bits per heavy atom. The number of rotatable bonds is 6. The van der Waals surface area contributed by atoms with Gasteiger partial charge in [0.2, 0.25) is 0 Å². The lowest BCUT2D eigenvalue weighted by Crippen LogP contribution is -2.24. The number of carbonyl (C=O) groups is 1. The zero-order valence-corrected chi connectivity index (χ0v) is 16.0. The number of carbonyl (C=O) groups excluding carboxylic acids is 1. The van der Waals surface area contributed by atoms with E-state index in [1.165, 1.54) is 0 Å². The minimum atomic E-state index is -0.452.